The van der Waals surface area contributed by atoms with Crippen molar-refractivity contribution in [2.24, 2.45) is 0 Å². The van der Waals surface area contributed by atoms with Gasteiger partial charge in [0.2, 0.25) is 0 Å². The predicted molar refractivity (Wildman–Crippen MR) is 74.7 cm³/mol. The molecular formula is C13H18ClN3O2. The van der Waals surface area contributed by atoms with E-state index in [1.807, 2.05) is 4.90 Å². The number of anilines is 1. The first-order chi connectivity index (χ1) is 9.17. The number of hydrogen-bond donors (Lipinski definition) is 1. The molecular weight excluding hydrogens is 266 g/mol. The van der Waals surface area contributed by atoms with E-state index in [1.165, 1.54) is 0 Å². The van der Waals surface area contributed by atoms with E-state index in [4.69, 9.17) is 16.3 Å². The summed E-state index contributed by atoms with van der Waals surface area (Å²) >= 11 is 6.06. The molecule has 1 N–H and O–H groups in total. The lowest BCUT2D eigenvalue weighted by Gasteiger charge is -2.35. The van der Waals surface area contributed by atoms with Crippen molar-refractivity contribution in [1.29, 1.82) is 0 Å². The summed E-state index contributed by atoms with van der Waals surface area (Å²) in [5.41, 5.74) is 0.518. The van der Waals surface area contributed by atoms with Gasteiger partial charge in [0, 0.05) is 19.8 Å². The summed E-state index contributed by atoms with van der Waals surface area (Å²) in [6, 6.07) is 1.79. The highest BCUT2D eigenvalue weighted by Gasteiger charge is 2.27. The van der Waals surface area contributed by atoms with Gasteiger partial charge >= 0.3 is 0 Å². The van der Waals surface area contributed by atoms with Crippen LogP contribution in [-0.2, 0) is 4.74 Å². The van der Waals surface area contributed by atoms with Crippen molar-refractivity contribution in [3.63, 3.8) is 0 Å². The summed E-state index contributed by atoms with van der Waals surface area (Å²) in [4.78, 5) is 18.5. The molecule has 0 radical (unpaired) electrons. The van der Waals surface area contributed by atoms with Gasteiger partial charge in [-0.2, -0.15) is 0 Å². The molecule has 1 saturated heterocycles. The summed E-state index contributed by atoms with van der Waals surface area (Å²) in [6.45, 7) is 3.84. The molecule has 1 aliphatic rings. The first kappa shape index (κ1) is 14.1. The Balaban J connectivity index is 2.20. The molecule has 1 atom stereocenters. The van der Waals surface area contributed by atoms with Crippen molar-refractivity contribution >= 4 is 23.3 Å². The molecule has 0 spiro atoms. The van der Waals surface area contributed by atoms with Gasteiger partial charge in [0.05, 0.1) is 29.8 Å². The van der Waals surface area contributed by atoms with E-state index in [1.54, 1.807) is 19.3 Å². The Morgan fingerprint density at radius 2 is 2.47 bits per heavy atom. The number of hydrogen-bond acceptors (Lipinski definition) is 4. The summed E-state index contributed by atoms with van der Waals surface area (Å²) in [5.74, 6) is 0.541. The van der Waals surface area contributed by atoms with Crippen molar-refractivity contribution < 1.29 is 9.53 Å². The van der Waals surface area contributed by atoms with Gasteiger partial charge in [0.15, 0.2) is 0 Å². The van der Waals surface area contributed by atoms with Crippen LogP contribution in [0, 0.1) is 0 Å². The normalized spacial score (nSPS) is 19.3. The number of nitrogens with zero attached hydrogens (tertiary/aromatic N) is 2. The molecule has 1 amide bonds. The largest absolute Gasteiger partial charge is 0.377 e. The summed E-state index contributed by atoms with van der Waals surface area (Å²) in [5, 5.41) is 3.33. The first-order valence-electron chi connectivity index (χ1n) is 6.39. The monoisotopic (exact) mass is 283 g/mol. The molecule has 0 saturated carbocycles. The Morgan fingerprint density at radius 1 is 1.68 bits per heavy atom. The number of nitrogens with one attached hydrogen (secondary N) is 1. The third kappa shape index (κ3) is 2.98. The predicted octanol–water partition coefficient (Wildman–Crippen LogP) is 2.03. The van der Waals surface area contributed by atoms with E-state index in [0.717, 1.165) is 6.42 Å². The van der Waals surface area contributed by atoms with Gasteiger partial charge in [-0.25, -0.2) is 4.98 Å². The molecule has 1 aromatic rings. The number of carbonyl (C=O) groups excluding carboxylic acids is 1. The molecule has 5 nitrogen and oxygen atoms in total. The lowest BCUT2D eigenvalue weighted by Crippen LogP contribution is -2.48. The molecule has 0 aromatic carbocycles. The Hall–Kier alpha value is -1.33. The number of ether oxygens (including phenoxy) is 1. The van der Waals surface area contributed by atoms with Crippen LogP contribution in [-0.4, -0.2) is 48.6 Å². The average molecular weight is 284 g/mol. The number of amides is 1. The molecule has 2 heterocycles. The third-order valence-corrected chi connectivity index (χ3v) is 3.57. The summed E-state index contributed by atoms with van der Waals surface area (Å²) in [7, 11) is 1.74. The van der Waals surface area contributed by atoms with Gasteiger partial charge in [0.1, 0.15) is 5.82 Å². The van der Waals surface area contributed by atoms with Gasteiger partial charge in [-0.1, -0.05) is 18.5 Å². The van der Waals surface area contributed by atoms with Crippen LogP contribution in [0.25, 0.3) is 0 Å². The highest BCUT2D eigenvalue weighted by atomic mass is 35.5. The van der Waals surface area contributed by atoms with Gasteiger partial charge < -0.3 is 15.0 Å². The third-order valence-electron chi connectivity index (χ3n) is 3.28. The fraction of sp³-hybridized carbons (Fsp3) is 0.538. The van der Waals surface area contributed by atoms with Crippen LogP contribution in [0.2, 0.25) is 5.02 Å². The SMILES string of the molecule is CCC1COCCN1C(=O)c1cnc(NC)c(Cl)c1. The van der Waals surface area contributed by atoms with Crippen molar-refractivity contribution in [1.82, 2.24) is 9.88 Å². The molecule has 104 valence electrons. The Labute approximate surface area is 117 Å². The Kier molecular flexibility index (Phi) is 4.61. The number of halogens is 1. The van der Waals surface area contributed by atoms with E-state index < -0.39 is 0 Å². The van der Waals surface area contributed by atoms with Crippen molar-refractivity contribution in [2.75, 3.05) is 32.1 Å². The van der Waals surface area contributed by atoms with Gasteiger partial charge in [-0.3, -0.25) is 4.79 Å². The second kappa shape index (κ2) is 6.21. The first-order valence-corrected chi connectivity index (χ1v) is 6.77. The maximum atomic E-state index is 12.5. The van der Waals surface area contributed by atoms with E-state index in [-0.39, 0.29) is 11.9 Å². The number of carbonyl (C=O) groups is 1. The van der Waals surface area contributed by atoms with E-state index >= 15 is 0 Å². The Morgan fingerprint density at radius 3 is 3.11 bits per heavy atom. The van der Waals surface area contributed by atoms with Crippen LogP contribution in [0.4, 0.5) is 5.82 Å². The molecule has 19 heavy (non-hydrogen) atoms. The molecule has 1 fully saturated rings. The molecule has 0 bridgehead atoms. The summed E-state index contributed by atoms with van der Waals surface area (Å²) < 4.78 is 5.40. The molecule has 1 unspecified atom stereocenters. The van der Waals surface area contributed by atoms with E-state index in [9.17, 15) is 4.79 Å². The topological polar surface area (TPSA) is 54.5 Å². The zero-order chi connectivity index (χ0) is 13.8. The number of aromatic nitrogens is 1. The molecule has 1 aliphatic heterocycles. The second-order valence-corrected chi connectivity index (χ2v) is 4.85. The standard InChI is InChI=1S/C13H18ClN3O2/c1-3-10-8-19-5-4-17(10)13(18)9-6-11(14)12(15-2)16-7-9/h6-7,10H,3-5,8H2,1-2H3,(H,15,16). The van der Waals surface area contributed by atoms with Crippen molar-refractivity contribution in [3.05, 3.63) is 22.8 Å². The number of pyridine rings is 1. The Bertz CT molecular complexity index is 467. The maximum absolute atomic E-state index is 12.5. The zero-order valence-corrected chi connectivity index (χ0v) is 11.9. The zero-order valence-electron chi connectivity index (χ0n) is 11.1. The average Bonchev–Trinajstić information content (AvgIpc) is 2.46. The lowest BCUT2D eigenvalue weighted by molar-refractivity contribution is -0.00281. The van der Waals surface area contributed by atoms with Crippen LogP contribution in [0.3, 0.4) is 0 Å². The van der Waals surface area contributed by atoms with Crippen molar-refractivity contribution in [3.8, 4) is 0 Å². The summed E-state index contributed by atoms with van der Waals surface area (Å²) in [6.07, 6.45) is 2.43. The van der Waals surface area contributed by atoms with Gasteiger partial charge in [-0.15, -0.1) is 0 Å². The van der Waals surface area contributed by atoms with Gasteiger partial charge in [-0.05, 0) is 12.5 Å². The number of morpholine rings is 1. The highest BCUT2D eigenvalue weighted by molar-refractivity contribution is 6.33. The van der Waals surface area contributed by atoms with Crippen LogP contribution >= 0.6 is 11.6 Å². The molecule has 1 aromatic heterocycles. The minimum atomic E-state index is -0.0350. The highest BCUT2D eigenvalue weighted by Crippen LogP contribution is 2.21. The number of rotatable bonds is 3. The quantitative estimate of drug-likeness (QED) is 0.922. The molecule has 2 rings (SSSR count). The fourth-order valence-electron chi connectivity index (χ4n) is 2.17. The lowest BCUT2D eigenvalue weighted by atomic mass is 10.1. The van der Waals surface area contributed by atoms with Crippen LogP contribution in [0.1, 0.15) is 23.7 Å². The fourth-order valence-corrected chi connectivity index (χ4v) is 2.43. The van der Waals surface area contributed by atoms with Crippen LogP contribution in [0.5, 0.6) is 0 Å². The maximum Gasteiger partial charge on any atom is 0.255 e. The van der Waals surface area contributed by atoms with E-state index in [2.05, 4.69) is 17.2 Å². The van der Waals surface area contributed by atoms with E-state index in [0.29, 0.717) is 36.2 Å². The van der Waals surface area contributed by atoms with Gasteiger partial charge in [0.25, 0.3) is 5.91 Å². The molecule has 0 aliphatic carbocycles. The van der Waals surface area contributed by atoms with Crippen LogP contribution in [0.15, 0.2) is 12.3 Å². The second-order valence-electron chi connectivity index (χ2n) is 4.44. The van der Waals surface area contributed by atoms with Crippen LogP contribution < -0.4 is 5.32 Å². The minimum Gasteiger partial charge on any atom is -0.377 e. The molecule has 6 heteroatoms. The minimum absolute atomic E-state index is 0.0350. The smallest absolute Gasteiger partial charge is 0.255 e. The van der Waals surface area contributed by atoms with Crippen molar-refractivity contribution in [2.45, 2.75) is 19.4 Å².